The number of aliphatic imine (C=N–C) groups is 1. The van der Waals surface area contributed by atoms with E-state index in [1.54, 1.807) is 19.2 Å². The summed E-state index contributed by atoms with van der Waals surface area (Å²) in [6.45, 7) is 2.36. The van der Waals surface area contributed by atoms with E-state index in [1.807, 2.05) is 10.3 Å². The maximum Gasteiger partial charge on any atom is 0.407 e. The number of hydrogen-bond donors (Lipinski definition) is 1. The number of ether oxygens (including phenoxy) is 2. The number of amidine groups is 1. The molecule has 0 spiro atoms. The van der Waals surface area contributed by atoms with Crippen LogP contribution in [0.1, 0.15) is 30.0 Å². The molecule has 1 aromatic heterocycles. The predicted octanol–water partition coefficient (Wildman–Crippen LogP) is 4.40. The molecule has 0 saturated carbocycles. The Morgan fingerprint density at radius 2 is 2.21 bits per heavy atom. The number of alkyl halides is 1. The maximum absolute atomic E-state index is 13.8. The smallest absolute Gasteiger partial charge is 0.407 e. The summed E-state index contributed by atoms with van der Waals surface area (Å²) in [5.41, 5.74) is 1.62. The van der Waals surface area contributed by atoms with E-state index in [-0.39, 0.29) is 25.1 Å². The summed E-state index contributed by atoms with van der Waals surface area (Å²) in [4.78, 5) is 36.5. The molecule has 1 unspecified atom stereocenters. The molecule has 4 rings (SSSR count). The van der Waals surface area contributed by atoms with Gasteiger partial charge in [0.25, 0.3) is 0 Å². The van der Waals surface area contributed by atoms with Crippen molar-refractivity contribution in [2.45, 2.75) is 25.4 Å². The fraction of sp³-hybridized carbons (Fsp3) is 0.364. The topological polar surface area (TPSA) is 93.1 Å². The van der Waals surface area contributed by atoms with Gasteiger partial charge in [0, 0.05) is 34.7 Å². The predicted molar refractivity (Wildman–Crippen MR) is 129 cm³/mol. The molecule has 1 amide bonds. The van der Waals surface area contributed by atoms with E-state index in [1.165, 1.54) is 23.5 Å². The van der Waals surface area contributed by atoms with Crippen LogP contribution >= 0.6 is 38.9 Å². The minimum absolute atomic E-state index is 0.0904. The summed E-state index contributed by atoms with van der Waals surface area (Å²) in [6.07, 6.45) is 1.43. The van der Waals surface area contributed by atoms with Crippen LogP contribution in [-0.2, 0) is 14.3 Å². The van der Waals surface area contributed by atoms with Crippen LogP contribution in [0.3, 0.4) is 0 Å². The van der Waals surface area contributed by atoms with Crippen molar-refractivity contribution in [1.82, 2.24) is 15.2 Å². The molecule has 2 aliphatic rings. The zero-order valence-corrected chi connectivity index (χ0v) is 21.3. The molecule has 0 bridgehead atoms. The van der Waals surface area contributed by atoms with Crippen LogP contribution in [0.5, 0.6) is 0 Å². The Kier molecular flexibility index (Phi) is 7.84. The SMILES string of the molecule is CCOC(=O)C1=C2CC(NC(=O)OCCCl)CN2C(c2nccs2)=N[C@H]1c1ccc(F)cc1Br. The van der Waals surface area contributed by atoms with Crippen molar-refractivity contribution in [3.8, 4) is 0 Å². The first kappa shape index (κ1) is 24.6. The van der Waals surface area contributed by atoms with Gasteiger partial charge in [-0.1, -0.05) is 22.0 Å². The van der Waals surface area contributed by atoms with Crippen LogP contribution in [0.25, 0.3) is 0 Å². The number of carbonyl (C=O) groups excluding carboxylic acids is 2. The molecule has 0 radical (unpaired) electrons. The molecular weight excluding hydrogens is 551 g/mol. The number of alkyl carbamates (subject to hydrolysis) is 1. The molecule has 180 valence electrons. The highest BCUT2D eigenvalue weighted by Gasteiger charge is 2.43. The third-order valence-corrected chi connectivity index (χ3v) is 6.88. The van der Waals surface area contributed by atoms with Crippen LogP contribution < -0.4 is 5.32 Å². The van der Waals surface area contributed by atoms with Crippen molar-refractivity contribution in [1.29, 1.82) is 0 Å². The number of hydrogen-bond acceptors (Lipinski definition) is 8. The van der Waals surface area contributed by atoms with Gasteiger partial charge < -0.3 is 19.7 Å². The lowest BCUT2D eigenvalue weighted by molar-refractivity contribution is -0.139. The highest BCUT2D eigenvalue weighted by Crippen LogP contribution is 2.42. The van der Waals surface area contributed by atoms with Gasteiger partial charge in [0.1, 0.15) is 18.5 Å². The molecular formula is C22H21BrClFN4O4S. The summed E-state index contributed by atoms with van der Waals surface area (Å²) >= 11 is 10.4. The fourth-order valence-electron chi connectivity index (χ4n) is 3.95. The average molecular weight is 572 g/mol. The average Bonchev–Trinajstić information content (AvgIpc) is 3.47. The van der Waals surface area contributed by atoms with E-state index in [0.29, 0.717) is 45.1 Å². The lowest BCUT2D eigenvalue weighted by Crippen LogP contribution is -2.40. The van der Waals surface area contributed by atoms with Crippen molar-refractivity contribution < 1.29 is 23.5 Å². The zero-order valence-electron chi connectivity index (χ0n) is 18.1. The molecule has 2 atom stereocenters. The van der Waals surface area contributed by atoms with E-state index < -0.39 is 23.9 Å². The van der Waals surface area contributed by atoms with Gasteiger partial charge in [-0.05, 0) is 24.6 Å². The zero-order chi connectivity index (χ0) is 24.2. The number of nitrogens with zero attached hydrogens (tertiary/aromatic N) is 3. The molecule has 8 nitrogen and oxygen atoms in total. The van der Waals surface area contributed by atoms with Gasteiger partial charge >= 0.3 is 12.1 Å². The Bertz CT molecular complexity index is 1140. The minimum Gasteiger partial charge on any atom is -0.463 e. The van der Waals surface area contributed by atoms with E-state index in [2.05, 4.69) is 26.2 Å². The Morgan fingerprint density at radius 3 is 2.88 bits per heavy atom. The van der Waals surface area contributed by atoms with Crippen LogP contribution in [0.15, 0.2) is 50.5 Å². The molecule has 2 aromatic rings. The Labute approximate surface area is 212 Å². The van der Waals surface area contributed by atoms with Crippen molar-refractivity contribution in [3.05, 3.63) is 61.9 Å². The molecule has 12 heteroatoms. The second-order valence-corrected chi connectivity index (χ2v) is 9.55. The normalized spacial score (nSPS) is 19.5. The van der Waals surface area contributed by atoms with Crippen molar-refractivity contribution in [2.24, 2.45) is 4.99 Å². The summed E-state index contributed by atoms with van der Waals surface area (Å²) in [6, 6.07) is 3.16. The molecule has 2 aliphatic heterocycles. The van der Waals surface area contributed by atoms with Gasteiger partial charge in [-0.25, -0.2) is 19.0 Å². The van der Waals surface area contributed by atoms with Crippen LogP contribution in [0, 0.1) is 5.82 Å². The van der Waals surface area contributed by atoms with Crippen molar-refractivity contribution in [2.75, 3.05) is 25.6 Å². The van der Waals surface area contributed by atoms with Gasteiger partial charge in [0.2, 0.25) is 0 Å². The fourth-order valence-corrected chi connectivity index (χ4v) is 5.24. The molecule has 1 fully saturated rings. The maximum atomic E-state index is 13.8. The molecule has 0 aliphatic carbocycles. The summed E-state index contributed by atoms with van der Waals surface area (Å²) in [5, 5.41) is 5.32. The monoisotopic (exact) mass is 570 g/mol. The number of rotatable bonds is 7. The van der Waals surface area contributed by atoms with Crippen LogP contribution in [0.2, 0.25) is 0 Å². The van der Waals surface area contributed by atoms with E-state index in [0.717, 1.165) is 0 Å². The van der Waals surface area contributed by atoms with Gasteiger partial charge in [-0.3, -0.25) is 4.99 Å². The number of carbonyl (C=O) groups is 2. The van der Waals surface area contributed by atoms with Gasteiger partial charge in [-0.2, -0.15) is 0 Å². The van der Waals surface area contributed by atoms with Crippen LogP contribution in [0.4, 0.5) is 9.18 Å². The number of thiazole rings is 1. The van der Waals surface area contributed by atoms with E-state index in [9.17, 15) is 14.0 Å². The quantitative estimate of drug-likeness (QED) is 0.391. The highest BCUT2D eigenvalue weighted by atomic mass is 79.9. The highest BCUT2D eigenvalue weighted by molar-refractivity contribution is 9.10. The first-order chi connectivity index (χ1) is 16.4. The third-order valence-electron chi connectivity index (χ3n) is 5.27. The summed E-state index contributed by atoms with van der Waals surface area (Å²) < 4.78 is 24.7. The Balaban J connectivity index is 1.79. The lowest BCUT2D eigenvalue weighted by Gasteiger charge is -2.31. The molecule has 34 heavy (non-hydrogen) atoms. The second-order valence-electron chi connectivity index (χ2n) is 7.42. The molecule has 1 N–H and O–H groups in total. The minimum atomic E-state index is -0.749. The molecule has 1 aromatic carbocycles. The summed E-state index contributed by atoms with van der Waals surface area (Å²) in [5.74, 6) is -0.172. The van der Waals surface area contributed by atoms with E-state index in [4.69, 9.17) is 26.1 Å². The Morgan fingerprint density at radius 1 is 1.38 bits per heavy atom. The first-order valence-corrected chi connectivity index (χ1v) is 12.7. The van der Waals surface area contributed by atoms with Crippen molar-refractivity contribution in [3.63, 3.8) is 0 Å². The molecule has 3 heterocycles. The number of aromatic nitrogens is 1. The summed E-state index contributed by atoms with van der Waals surface area (Å²) in [7, 11) is 0. The first-order valence-electron chi connectivity index (χ1n) is 10.5. The van der Waals surface area contributed by atoms with Crippen LogP contribution in [-0.4, -0.2) is 59.5 Å². The number of amides is 1. The number of esters is 1. The van der Waals surface area contributed by atoms with Gasteiger partial charge in [0.15, 0.2) is 10.8 Å². The number of halogens is 3. The standard InChI is InChI=1S/C22H21BrClFN4O4S/c1-2-32-21(30)17-16-10-13(27-22(31)33-7-5-24)11-29(16)19(20-26-6-8-34-20)28-18(17)14-4-3-12(25)9-15(14)23/h3-4,6,8-9,13,18H,2,5,7,10-11H2,1H3,(H,27,31)/t13?,18-/m0/s1. The lowest BCUT2D eigenvalue weighted by atomic mass is 9.94. The third kappa shape index (κ3) is 5.11. The van der Waals surface area contributed by atoms with Crippen molar-refractivity contribution >= 4 is 56.8 Å². The Hall–Kier alpha value is -2.50. The van der Waals surface area contributed by atoms with Gasteiger partial charge in [-0.15, -0.1) is 22.9 Å². The number of nitrogens with one attached hydrogen (secondary N) is 1. The second kappa shape index (κ2) is 10.8. The van der Waals surface area contributed by atoms with E-state index >= 15 is 0 Å². The number of benzene rings is 1. The molecule has 1 saturated heterocycles. The number of fused-ring (bicyclic) bond motifs is 1. The van der Waals surface area contributed by atoms with Gasteiger partial charge in [0.05, 0.1) is 24.1 Å². The largest absolute Gasteiger partial charge is 0.463 e.